The van der Waals surface area contributed by atoms with Gasteiger partial charge in [-0.3, -0.25) is 9.69 Å². The molecular formula is C10H19NO3. The zero-order valence-electron chi connectivity index (χ0n) is 8.90. The van der Waals surface area contributed by atoms with Gasteiger partial charge in [0.15, 0.2) is 0 Å². The molecule has 4 heteroatoms. The predicted octanol–water partition coefficient (Wildman–Crippen LogP) is 0.841. The molecule has 0 aromatic heterocycles. The molecule has 0 aliphatic carbocycles. The number of hydrogen-bond donors (Lipinski definition) is 1. The summed E-state index contributed by atoms with van der Waals surface area (Å²) in [4.78, 5) is 12.6. The van der Waals surface area contributed by atoms with E-state index in [4.69, 9.17) is 9.84 Å². The summed E-state index contributed by atoms with van der Waals surface area (Å²) in [6, 6.07) is 0. The quantitative estimate of drug-likeness (QED) is 0.591. The Balaban J connectivity index is 3.93. The molecule has 4 nitrogen and oxygen atoms in total. The van der Waals surface area contributed by atoms with Crippen LogP contribution in [0.15, 0.2) is 12.7 Å². The average molecular weight is 201 g/mol. The molecule has 0 radical (unpaired) electrons. The highest BCUT2D eigenvalue weighted by molar-refractivity contribution is 5.69. The second kappa shape index (κ2) is 7.53. The molecule has 0 saturated heterocycles. The Bertz CT molecular complexity index is 182. The first-order valence-corrected chi connectivity index (χ1v) is 4.66. The summed E-state index contributed by atoms with van der Waals surface area (Å²) in [6.45, 7) is 7.91. The number of carbonyl (C=O) groups is 1. The Morgan fingerprint density at radius 3 is 2.79 bits per heavy atom. The van der Waals surface area contributed by atoms with Gasteiger partial charge in [-0.15, -0.1) is 6.58 Å². The van der Waals surface area contributed by atoms with Crippen molar-refractivity contribution in [3.63, 3.8) is 0 Å². The topological polar surface area (TPSA) is 49.8 Å². The number of methoxy groups -OCH3 is 1. The van der Waals surface area contributed by atoms with Crippen molar-refractivity contribution in [1.82, 2.24) is 4.90 Å². The highest BCUT2D eigenvalue weighted by atomic mass is 16.5. The summed E-state index contributed by atoms with van der Waals surface area (Å²) >= 11 is 0. The van der Waals surface area contributed by atoms with Crippen LogP contribution >= 0.6 is 0 Å². The van der Waals surface area contributed by atoms with Crippen molar-refractivity contribution in [1.29, 1.82) is 0 Å². The molecule has 0 fully saturated rings. The fourth-order valence-electron chi connectivity index (χ4n) is 1.13. The zero-order chi connectivity index (χ0) is 11.0. The summed E-state index contributed by atoms with van der Waals surface area (Å²) in [7, 11) is 1.63. The number of aliphatic carboxylic acids is 1. The minimum Gasteiger partial charge on any atom is -0.481 e. The standard InChI is InChI=1S/C10H19NO3/c1-4-5-11(6-7-14-3)8-9(2)10(12)13/h4,9H,1,5-8H2,2-3H3,(H,12,13). The van der Waals surface area contributed by atoms with Crippen molar-refractivity contribution >= 4 is 5.97 Å². The molecule has 0 aliphatic heterocycles. The van der Waals surface area contributed by atoms with Crippen LogP contribution in [0.4, 0.5) is 0 Å². The number of carboxylic acid groups (broad SMARTS) is 1. The van der Waals surface area contributed by atoms with E-state index in [-0.39, 0.29) is 5.92 Å². The second-order valence-corrected chi connectivity index (χ2v) is 3.28. The summed E-state index contributed by atoms with van der Waals surface area (Å²) in [5.41, 5.74) is 0. The molecule has 82 valence electrons. The molecule has 1 atom stereocenters. The van der Waals surface area contributed by atoms with Crippen molar-refractivity contribution in [2.75, 3.05) is 33.4 Å². The van der Waals surface area contributed by atoms with Gasteiger partial charge in [0.25, 0.3) is 0 Å². The van der Waals surface area contributed by atoms with Gasteiger partial charge >= 0.3 is 5.97 Å². The first-order chi connectivity index (χ1) is 6.61. The van der Waals surface area contributed by atoms with Gasteiger partial charge in [0.05, 0.1) is 12.5 Å². The van der Waals surface area contributed by atoms with Gasteiger partial charge in [-0.05, 0) is 0 Å². The third-order valence-electron chi connectivity index (χ3n) is 1.95. The van der Waals surface area contributed by atoms with Crippen LogP contribution in [0.5, 0.6) is 0 Å². The van der Waals surface area contributed by atoms with Crippen LogP contribution in [-0.2, 0) is 9.53 Å². The molecule has 0 aromatic rings. The van der Waals surface area contributed by atoms with Crippen LogP contribution in [0, 0.1) is 5.92 Å². The highest BCUT2D eigenvalue weighted by Gasteiger charge is 2.14. The molecule has 1 unspecified atom stereocenters. The van der Waals surface area contributed by atoms with E-state index in [1.165, 1.54) is 0 Å². The van der Waals surface area contributed by atoms with E-state index in [0.29, 0.717) is 19.7 Å². The van der Waals surface area contributed by atoms with Gasteiger partial charge in [-0.1, -0.05) is 13.0 Å². The Morgan fingerprint density at radius 1 is 1.71 bits per heavy atom. The summed E-state index contributed by atoms with van der Waals surface area (Å²) in [5.74, 6) is -1.12. The van der Waals surface area contributed by atoms with Crippen LogP contribution in [-0.4, -0.2) is 49.3 Å². The normalized spacial score (nSPS) is 12.8. The van der Waals surface area contributed by atoms with Gasteiger partial charge in [-0.25, -0.2) is 0 Å². The predicted molar refractivity (Wildman–Crippen MR) is 55.3 cm³/mol. The number of carboxylic acids is 1. The molecule has 0 aromatic carbocycles. The Labute approximate surface area is 85.2 Å². The van der Waals surface area contributed by atoms with Crippen molar-refractivity contribution in [2.24, 2.45) is 5.92 Å². The van der Waals surface area contributed by atoms with Gasteiger partial charge in [0, 0.05) is 26.7 Å². The van der Waals surface area contributed by atoms with E-state index < -0.39 is 5.97 Å². The van der Waals surface area contributed by atoms with Gasteiger partial charge in [-0.2, -0.15) is 0 Å². The summed E-state index contributed by atoms with van der Waals surface area (Å²) in [6.07, 6.45) is 1.77. The Morgan fingerprint density at radius 2 is 2.36 bits per heavy atom. The maximum atomic E-state index is 10.6. The van der Waals surface area contributed by atoms with Gasteiger partial charge < -0.3 is 9.84 Å². The SMILES string of the molecule is C=CCN(CCOC)CC(C)C(=O)O. The van der Waals surface area contributed by atoms with Crippen LogP contribution in [0.2, 0.25) is 0 Å². The lowest BCUT2D eigenvalue weighted by atomic mass is 10.1. The fraction of sp³-hybridized carbons (Fsp3) is 0.700. The molecule has 0 rings (SSSR count). The van der Waals surface area contributed by atoms with E-state index in [0.717, 1.165) is 6.54 Å². The number of hydrogen-bond acceptors (Lipinski definition) is 3. The van der Waals surface area contributed by atoms with Crippen molar-refractivity contribution < 1.29 is 14.6 Å². The third kappa shape index (κ3) is 5.72. The number of rotatable bonds is 8. The first-order valence-electron chi connectivity index (χ1n) is 4.66. The number of ether oxygens (including phenoxy) is 1. The molecule has 0 spiro atoms. The van der Waals surface area contributed by atoms with Crippen molar-refractivity contribution in [2.45, 2.75) is 6.92 Å². The second-order valence-electron chi connectivity index (χ2n) is 3.28. The van der Waals surface area contributed by atoms with Crippen LogP contribution in [0.1, 0.15) is 6.92 Å². The molecule has 1 N–H and O–H groups in total. The van der Waals surface area contributed by atoms with E-state index in [9.17, 15) is 4.79 Å². The Hall–Kier alpha value is -0.870. The lowest BCUT2D eigenvalue weighted by molar-refractivity contribution is -0.141. The minimum absolute atomic E-state index is 0.355. The monoisotopic (exact) mass is 201 g/mol. The van der Waals surface area contributed by atoms with E-state index in [1.54, 1.807) is 20.1 Å². The van der Waals surface area contributed by atoms with Crippen LogP contribution in [0.25, 0.3) is 0 Å². The largest absolute Gasteiger partial charge is 0.481 e. The van der Waals surface area contributed by atoms with Gasteiger partial charge in [0.2, 0.25) is 0 Å². The fourth-order valence-corrected chi connectivity index (χ4v) is 1.13. The summed E-state index contributed by atoms with van der Waals surface area (Å²) in [5, 5.41) is 8.74. The zero-order valence-corrected chi connectivity index (χ0v) is 8.90. The summed E-state index contributed by atoms with van der Waals surface area (Å²) < 4.78 is 4.94. The molecule has 0 heterocycles. The highest BCUT2D eigenvalue weighted by Crippen LogP contribution is 2.00. The van der Waals surface area contributed by atoms with E-state index in [1.807, 2.05) is 4.90 Å². The van der Waals surface area contributed by atoms with E-state index >= 15 is 0 Å². The number of nitrogens with zero attached hydrogens (tertiary/aromatic N) is 1. The van der Waals surface area contributed by atoms with Crippen molar-refractivity contribution in [3.8, 4) is 0 Å². The molecule has 0 aliphatic rings. The lowest BCUT2D eigenvalue weighted by Crippen LogP contribution is -2.34. The maximum absolute atomic E-state index is 10.6. The average Bonchev–Trinajstić information content (AvgIpc) is 2.14. The maximum Gasteiger partial charge on any atom is 0.307 e. The Kier molecular flexibility index (Phi) is 7.06. The smallest absolute Gasteiger partial charge is 0.307 e. The van der Waals surface area contributed by atoms with Crippen LogP contribution in [0.3, 0.4) is 0 Å². The molecule has 0 amide bonds. The van der Waals surface area contributed by atoms with E-state index in [2.05, 4.69) is 6.58 Å². The van der Waals surface area contributed by atoms with Gasteiger partial charge in [0.1, 0.15) is 0 Å². The lowest BCUT2D eigenvalue weighted by Gasteiger charge is -2.22. The molecule has 0 bridgehead atoms. The minimum atomic E-state index is -0.767. The first kappa shape index (κ1) is 13.1. The van der Waals surface area contributed by atoms with Crippen LogP contribution < -0.4 is 0 Å². The molecular weight excluding hydrogens is 182 g/mol. The third-order valence-corrected chi connectivity index (χ3v) is 1.95. The molecule has 14 heavy (non-hydrogen) atoms. The molecule has 0 saturated carbocycles. The van der Waals surface area contributed by atoms with Crippen molar-refractivity contribution in [3.05, 3.63) is 12.7 Å².